The van der Waals surface area contributed by atoms with Gasteiger partial charge in [-0.2, -0.15) is 0 Å². The molecule has 0 unspecified atom stereocenters. The van der Waals surface area contributed by atoms with Gasteiger partial charge in [-0.05, 0) is 86.1 Å². The van der Waals surface area contributed by atoms with Gasteiger partial charge in [0, 0.05) is 37.0 Å². The number of nitrogens with two attached hydrogens (primary N) is 1. The van der Waals surface area contributed by atoms with Crippen LogP contribution in [0.25, 0.3) is 5.76 Å². The molecule has 236 valence electrons. The molecule has 3 aliphatic carbocycles. The summed E-state index contributed by atoms with van der Waals surface area (Å²) in [7, 11) is 6.60. The van der Waals surface area contributed by atoms with Crippen molar-refractivity contribution in [1.29, 1.82) is 0 Å². The van der Waals surface area contributed by atoms with Gasteiger partial charge in [0.25, 0.3) is 5.91 Å². The minimum atomic E-state index is -2.74. The van der Waals surface area contributed by atoms with Crippen molar-refractivity contribution in [3.05, 3.63) is 63.3 Å². The standard InChI is InChI=1S/C30H32N6O8S/c1-35(2)18-11-17(33-29(45)32-13-5-7-14(34-44)8-6-13)23(37)20-15(18)9-12-10-16-22(36(3)4)25(39)21(28(31)42)27(41)30(16,43)26(40)19(12)24(20)38/h5-8,11-12,16,22,37-38,41,43H,9-10H2,1-4H3,(H2,31,42)(H2,32,33,45)/t12-,16-,22-,30-/m0/s1. The van der Waals surface area contributed by atoms with Crippen LogP contribution in [0.1, 0.15) is 17.5 Å². The normalized spacial score (nSPS) is 24.1. The van der Waals surface area contributed by atoms with Crippen LogP contribution in [-0.4, -0.2) is 87.7 Å². The minimum Gasteiger partial charge on any atom is -0.508 e. The van der Waals surface area contributed by atoms with Crippen molar-refractivity contribution in [2.75, 3.05) is 43.7 Å². The van der Waals surface area contributed by atoms with Crippen LogP contribution in [-0.2, 0) is 20.8 Å². The van der Waals surface area contributed by atoms with Gasteiger partial charge in [-0.25, -0.2) is 0 Å². The lowest BCUT2D eigenvalue weighted by molar-refractivity contribution is -0.153. The zero-order valence-electron chi connectivity index (χ0n) is 24.8. The monoisotopic (exact) mass is 636 g/mol. The summed E-state index contributed by atoms with van der Waals surface area (Å²) in [5.74, 6) is -7.31. The van der Waals surface area contributed by atoms with Crippen LogP contribution in [0.5, 0.6) is 5.75 Å². The number of carbonyl (C=O) groups is 3. The predicted molar refractivity (Wildman–Crippen MR) is 170 cm³/mol. The number of aromatic hydroxyl groups is 1. The van der Waals surface area contributed by atoms with Crippen LogP contribution in [0.2, 0.25) is 0 Å². The Labute approximate surface area is 262 Å². The second-order valence-electron chi connectivity index (χ2n) is 11.7. The van der Waals surface area contributed by atoms with E-state index in [1.165, 1.54) is 17.0 Å². The molecule has 4 atom stereocenters. The average molecular weight is 637 g/mol. The Balaban J connectivity index is 1.61. The Hall–Kier alpha value is -4.86. The molecule has 0 saturated heterocycles. The third-order valence-electron chi connectivity index (χ3n) is 8.66. The number of aliphatic hydroxyl groups excluding tert-OH is 2. The number of Topliss-reactive ketones (excluding diaryl/α,β-unsaturated/α-hetero) is 2. The Bertz CT molecular complexity index is 1730. The first-order valence-electron chi connectivity index (χ1n) is 13.9. The number of thiocarbonyl (C=S) groups is 1. The first-order valence-corrected chi connectivity index (χ1v) is 14.3. The average Bonchev–Trinajstić information content (AvgIpc) is 2.96. The second-order valence-corrected chi connectivity index (χ2v) is 12.1. The topological polar surface area (TPSA) is 218 Å². The zero-order chi connectivity index (χ0) is 33.1. The number of benzene rings is 2. The second kappa shape index (κ2) is 11.3. The molecule has 0 spiro atoms. The molecule has 0 bridgehead atoms. The first-order chi connectivity index (χ1) is 21.1. The van der Waals surface area contributed by atoms with E-state index in [0.717, 1.165) is 0 Å². The van der Waals surface area contributed by atoms with Gasteiger partial charge in [0.05, 0.1) is 17.3 Å². The van der Waals surface area contributed by atoms with Crippen LogP contribution in [0, 0.1) is 16.7 Å². The molecule has 1 amide bonds. The molecule has 2 aromatic carbocycles. The fraction of sp³-hybridized carbons (Fsp3) is 0.333. The molecule has 1 fully saturated rings. The van der Waals surface area contributed by atoms with Crippen LogP contribution < -0.4 is 21.3 Å². The van der Waals surface area contributed by atoms with E-state index in [9.17, 15) is 39.7 Å². The highest BCUT2D eigenvalue weighted by atomic mass is 32.1. The maximum absolute atomic E-state index is 14.1. The minimum absolute atomic E-state index is 0.0220. The predicted octanol–water partition coefficient (Wildman–Crippen LogP) is 2.24. The van der Waals surface area contributed by atoms with Crippen molar-refractivity contribution in [2.45, 2.75) is 24.5 Å². The highest BCUT2D eigenvalue weighted by molar-refractivity contribution is 7.80. The van der Waals surface area contributed by atoms with E-state index in [-0.39, 0.29) is 40.5 Å². The number of nitroso groups, excluding NO2 is 1. The van der Waals surface area contributed by atoms with E-state index in [4.69, 9.17) is 18.0 Å². The van der Waals surface area contributed by atoms with E-state index in [2.05, 4.69) is 15.8 Å². The summed E-state index contributed by atoms with van der Waals surface area (Å²) >= 11 is 5.41. The van der Waals surface area contributed by atoms with Crippen LogP contribution >= 0.6 is 12.2 Å². The molecule has 14 nitrogen and oxygen atoms in total. The van der Waals surface area contributed by atoms with Gasteiger partial charge >= 0.3 is 0 Å². The number of hydrogen-bond acceptors (Lipinski definition) is 12. The van der Waals surface area contributed by atoms with Gasteiger partial charge in [-0.15, -0.1) is 4.91 Å². The highest BCUT2D eigenvalue weighted by Gasteiger charge is 2.64. The molecule has 1 saturated carbocycles. The number of likely N-dealkylation sites (N-methyl/N-ethyl adjacent to an activating group) is 1. The molecule has 3 aliphatic rings. The third kappa shape index (κ3) is 4.88. The summed E-state index contributed by atoms with van der Waals surface area (Å²) in [6.07, 6.45) is 0.113. The van der Waals surface area contributed by atoms with E-state index >= 15 is 0 Å². The van der Waals surface area contributed by atoms with Crippen molar-refractivity contribution >= 4 is 63.3 Å². The summed E-state index contributed by atoms with van der Waals surface area (Å²) < 4.78 is 0. The molecule has 45 heavy (non-hydrogen) atoms. The number of phenols is 1. The van der Waals surface area contributed by atoms with Gasteiger partial charge in [0.15, 0.2) is 16.5 Å². The number of phenolic OH excluding ortho intramolecular Hbond substituents is 1. The Morgan fingerprint density at radius 3 is 2.29 bits per heavy atom. The number of anilines is 3. The number of carbonyl (C=O) groups excluding carboxylic acids is 3. The number of hydrogen-bond donors (Lipinski definition) is 7. The summed E-state index contributed by atoms with van der Waals surface area (Å²) in [4.78, 5) is 53.5. The van der Waals surface area contributed by atoms with Crippen molar-refractivity contribution in [1.82, 2.24) is 4.90 Å². The maximum atomic E-state index is 14.1. The molecule has 0 heterocycles. The number of fused-ring (bicyclic) bond motifs is 3. The van der Waals surface area contributed by atoms with Gasteiger partial charge < -0.3 is 41.7 Å². The van der Waals surface area contributed by atoms with Gasteiger partial charge in [-0.1, -0.05) is 0 Å². The smallest absolute Gasteiger partial charge is 0.255 e. The molecule has 2 aromatic rings. The lowest BCUT2D eigenvalue weighted by Gasteiger charge is -2.50. The third-order valence-corrected chi connectivity index (χ3v) is 8.86. The van der Waals surface area contributed by atoms with Crippen molar-refractivity contribution in [3.63, 3.8) is 0 Å². The molecule has 0 aliphatic heterocycles. The SMILES string of the molecule is CN(C)c1cc(NC(=S)Nc2ccc(N=O)cc2)c(O)c2c1C[C@H]1C[C@H]3[C@H](N(C)C)C(=O)C(C(N)=O)=C(O)[C@@]3(O)C(=O)C1=C2O. The largest absolute Gasteiger partial charge is 0.508 e. The zero-order valence-corrected chi connectivity index (χ0v) is 25.6. The van der Waals surface area contributed by atoms with E-state index < -0.39 is 63.8 Å². The van der Waals surface area contributed by atoms with Gasteiger partial charge in [0.2, 0.25) is 5.78 Å². The van der Waals surface area contributed by atoms with Crippen LogP contribution in [0.3, 0.4) is 0 Å². The summed E-state index contributed by atoms with van der Waals surface area (Å²) in [5.41, 5.74) is 3.35. The lowest BCUT2D eigenvalue weighted by Crippen LogP contribution is -2.65. The first kappa shape index (κ1) is 31.6. The molecule has 0 aromatic heterocycles. The molecule has 5 rings (SSSR count). The van der Waals surface area contributed by atoms with E-state index in [1.807, 2.05) is 0 Å². The molecule has 0 radical (unpaired) electrons. The molecular weight excluding hydrogens is 604 g/mol. The highest BCUT2D eigenvalue weighted by Crippen LogP contribution is 2.54. The van der Waals surface area contributed by atoms with Crippen molar-refractivity contribution in [2.24, 2.45) is 22.7 Å². The van der Waals surface area contributed by atoms with Gasteiger partial charge in [-0.3, -0.25) is 19.3 Å². The Morgan fingerprint density at radius 1 is 1.09 bits per heavy atom. The summed E-state index contributed by atoms with van der Waals surface area (Å²) in [6, 6.07) is 6.59. The molecule has 8 N–H and O–H groups in total. The van der Waals surface area contributed by atoms with Gasteiger partial charge in [0.1, 0.15) is 28.5 Å². The number of primary amides is 1. The number of amides is 1. The quantitative estimate of drug-likeness (QED) is 0.105. The Morgan fingerprint density at radius 2 is 1.73 bits per heavy atom. The van der Waals surface area contributed by atoms with Crippen molar-refractivity contribution in [3.8, 4) is 5.75 Å². The van der Waals surface area contributed by atoms with Crippen LogP contribution in [0.4, 0.5) is 22.7 Å². The number of nitrogens with one attached hydrogen (secondary N) is 2. The number of rotatable bonds is 6. The van der Waals surface area contributed by atoms with Crippen molar-refractivity contribution < 1.29 is 34.8 Å². The summed E-state index contributed by atoms with van der Waals surface area (Å²) in [6.45, 7) is 0. The lowest BCUT2D eigenvalue weighted by atomic mass is 9.57. The van der Waals surface area contributed by atoms with Crippen LogP contribution in [0.15, 0.2) is 52.4 Å². The molecule has 15 heteroatoms. The number of aliphatic hydroxyl groups is 3. The fourth-order valence-electron chi connectivity index (χ4n) is 6.68. The fourth-order valence-corrected chi connectivity index (χ4v) is 6.90. The number of ketones is 2. The molecular formula is C30H32N6O8S. The summed E-state index contributed by atoms with van der Waals surface area (Å²) in [5, 5.41) is 54.6. The Kier molecular flexibility index (Phi) is 7.89. The van der Waals surface area contributed by atoms with E-state index in [0.29, 0.717) is 16.9 Å². The van der Waals surface area contributed by atoms with E-state index in [1.54, 1.807) is 51.3 Å². The maximum Gasteiger partial charge on any atom is 0.255 e. The number of nitrogens with zero attached hydrogens (tertiary/aromatic N) is 3.